The molecule has 0 spiro atoms. The summed E-state index contributed by atoms with van der Waals surface area (Å²) < 4.78 is 13.1. The fourth-order valence-corrected chi connectivity index (χ4v) is 1.24. The van der Waals surface area contributed by atoms with E-state index in [0.717, 1.165) is 0 Å². The van der Waals surface area contributed by atoms with Gasteiger partial charge in [-0.2, -0.15) is 0 Å². The number of hydrogen-bond acceptors (Lipinski definition) is 2. The topological polar surface area (TPSA) is 50.2 Å². The van der Waals surface area contributed by atoms with Gasteiger partial charge in [-0.3, -0.25) is 0 Å². The van der Waals surface area contributed by atoms with E-state index in [2.05, 4.69) is 4.98 Å². The molecule has 2 rings (SSSR count). The molecule has 0 radical (unpaired) electrons. The van der Waals surface area contributed by atoms with Gasteiger partial charge in [-0.15, -0.1) is 0 Å². The summed E-state index contributed by atoms with van der Waals surface area (Å²) in [6.07, 6.45) is 0. The van der Waals surface area contributed by atoms with Crippen molar-refractivity contribution >= 4 is 16.9 Å². The van der Waals surface area contributed by atoms with Crippen molar-refractivity contribution in [2.45, 2.75) is 0 Å². The SMILES string of the molecule is O=C(O)c1nc2ccccc2cc1F. The van der Waals surface area contributed by atoms with Crippen LogP contribution in [0.4, 0.5) is 4.39 Å². The van der Waals surface area contributed by atoms with Crippen LogP contribution in [-0.4, -0.2) is 16.1 Å². The average molecular weight is 191 g/mol. The van der Waals surface area contributed by atoms with Crippen LogP contribution < -0.4 is 0 Å². The Bertz CT molecular complexity index is 510. The first kappa shape index (κ1) is 8.62. The van der Waals surface area contributed by atoms with E-state index in [1.54, 1.807) is 24.3 Å². The number of carbonyl (C=O) groups is 1. The number of pyridine rings is 1. The van der Waals surface area contributed by atoms with Gasteiger partial charge in [0.2, 0.25) is 0 Å². The fraction of sp³-hybridized carbons (Fsp3) is 0. The maximum absolute atomic E-state index is 13.1. The molecule has 0 amide bonds. The van der Waals surface area contributed by atoms with Gasteiger partial charge in [0.15, 0.2) is 11.5 Å². The number of carboxylic acid groups (broad SMARTS) is 1. The molecule has 0 fully saturated rings. The highest BCUT2D eigenvalue weighted by Crippen LogP contribution is 2.15. The number of aromatic nitrogens is 1. The number of carboxylic acids is 1. The van der Waals surface area contributed by atoms with Crippen LogP contribution >= 0.6 is 0 Å². The number of fused-ring (bicyclic) bond motifs is 1. The molecular weight excluding hydrogens is 185 g/mol. The van der Waals surface area contributed by atoms with E-state index in [1.165, 1.54) is 6.07 Å². The molecule has 1 aromatic heterocycles. The van der Waals surface area contributed by atoms with E-state index >= 15 is 0 Å². The van der Waals surface area contributed by atoms with Crippen molar-refractivity contribution in [3.05, 3.63) is 41.8 Å². The molecule has 1 aromatic carbocycles. The first-order valence-corrected chi connectivity index (χ1v) is 3.97. The molecule has 1 heterocycles. The summed E-state index contributed by atoms with van der Waals surface area (Å²) in [5, 5.41) is 9.22. The number of hydrogen-bond donors (Lipinski definition) is 1. The Balaban J connectivity index is 2.77. The van der Waals surface area contributed by atoms with E-state index in [-0.39, 0.29) is 0 Å². The second kappa shape index (κ2) is 3.06. The number of halogens is 1. The second-order valence-electron chi connectivity index (χ2n) is 2.82. The normalized spacial score (nSPS) is 10.4. The zero-order chi connectivity index (χ0) is 10.1. The van der Waals surface area contributed by atoms with E-state index < -0.39 is 17.5 Å². The maximum Gasteiger partial charge on any atom is 0.357 e. The molecule has 4 heteroatoms. The Morgan fingerprint density at radius 3 is 2.79 bits per heavy atom. The summed E-state index contributed by atoms with van der Waals surface area (Å²) in [4.78, 5) is 14.3. The number of para-hydroxylation sites is 1. The monoisotopic (exact) mass is 191 g/mol. The van der Waals surface area contributed by atoms with Gasteiger partial charge in [0, 0.05) is 5.39 Å². The summed E-state index contributed by atoms with van der Waals surface area (Å²) in [6, 6.07) is 7.95. The molecule has 0 saturated heterocycles. The van der Waals surface area contributed by atoms with E-state index in [9.17, 15) is 9.18 Å². The van der Waals surface area contributed by atoms with Crippen LogP contribution in [0.2, 0.25) is 0 Å². The number of benzene rings is 1. The molecule has 1 N–H and O–H groups in total. The molecule has 0 unspecified atom stereocenters. The molecule has 2 aromatic rings. The summed E-state index contributed by atoms with van der Waals surface area (Å²) in [7, 11) is 0. The third-order valence-electron chi connectivity index (χ3n) is 1.88. The van der Waals surface area contributed by atoms with Crippen LogP contribution in [0.1, 0.15) is 10.5 Å². The lowest BCUT2D eigenvalue weighted by atomic mass is 10.2. The minimum Gasteiger partial charge on any atom is -0.476 e. The van der Waals surface area contributed by atoms with Crippen LogP contribution in [-0.2, 0) is 0 Å². The lowest BCUT2D eigenvalue weighted by molar-refractivity contribution is 0.0685. The number of nitrogens with zero attached hydrogens (tertiary/aromatic N) is 1. The molecule has 0 atom stereocenters. The smallest absolute Gasteiger partial charge is 0.357 e. The molecule has 3 nitrogen and oxygen atoms in total. The van der Waals surface area contributed by atoms with Crippen molar-refractivity contribution in [2.75, 3.05) is 0 Å². The minimum absolute atomic E-state index is 0.478. The lowest BCUT2D eigenvalue weighted by Gasteiger charge is -1.99. The van der Waals surface area contributed by atoms with Crippen molar-refractivity contribution in [1.29, 1.82) is 0 Å². The molecule has 0 aliphatic rings. The van der Waals surface area contributed by atoms with Gasteiger partial charge in [-0.25, -0.2) is 14.2 Å². The van der Waals surface area contributed by atoms with Gasteiger partial charge >= 0.3 is 5.97 Å². The van der Waals surface area contributed by atoms with Crippen LogP contribution in [0.5, 0.6) is 0 Å². The molecular formula is C10H6FNO2. The predicted molar refractivity (Wildman–Crippen MR) is 48.7 cm³/mol. The molecule has 14 heavy (non-hydrogen) atoms. The van der Waals surface area contributed by atoms with Crippen LogP contribution in [0.25, 0.3) is 10.9 Å². The largest absolute Gasteiger partial charge is 0.476 e. The Morgan fingerprint density at radius 2 is 2.07 bits per heavy atom. The molecule has 0 aliphatic carbocycles. The lowest BCUT2D eigenvalue weighted by Crippen LogP contribution is -2.04. The predicted octanol–water partition coefficient (Wildman–Crippen LogP) is 2.07. The standard InChI is InChI=1S/C10H6FNO2/c11-7-5-6-3-1-2-4-8(6)12-9(7)10(13)14/h1-5H,(H,13,14). The van der Waals surface area contributed by atoms with E-state index in [0.29, 0.717) is 10.9 Å². The van der Waals surface area contributed by atoms with Gasteiger partial charge in [0.05, 0.1) is 5.52 Å². The molecule has 0 aliphatic heterocycles. The Kier molecular flexibility index (Phi) is 1.89. The van der Waals surface area contributed by atoms with Crippen LogP contribution in [0, 0.1) is 5.82 Å². The second-order valence-corrected chi connectivity index (χ2v) is 2.82. The van der Waals surface area contributed by atoms with Gasteiger partial charge in [-0.05, 0) is 12.1 Å². The van der Waals surface area contributed by atoms with Gasteiger partial charge in [-0.1, -0.05) is 18.2 Å². The first-order chi connectivity index (χ1) is 6.68. The van der Waals surface area contributed by atoms with Crippen LogP contribution in [0.15, 0.2) is 30.3 Å². The summed E-state index contributed by atoms with van der Waals surface area (Å²) in [6.45, 7) is 0. The first-order valence-electron chi connectivity index (χ1n) is 3.97. The number of rotatable bonds is 1. The molecule has 0 saturated carbocycles. The fourth-order valence-electron chi connectivity index (χ4n) is 1.24. The van der Waals surface area contributed by atoms with Gasteiger partial charge < -0.3 is 5.11 Å². The van der Waals surface area contributed by atoms with Crippen molar-refractivity contribution in [3.63, 3.8) is 0 Å². The van der Waals surface area contributed by atoms with Gasteiger partial charge in [0.25, 0.3) is 0 Å². The quantitative estimate of drug-likeness (QED) is 0.750. The van der Waals surface area contributed by atoms with Crippen molar-refractivity contribution < 1.29 is 14.3 Å². The van der Waals surface area contributed by atoms with E-state index in [1.807, 2.05) is 0 Å². The highest BCUT2D eigenvalue weighted by Gasteiger charge is 2.12. The Hall–Kier alpha value is -1.97. The third kappa shape index (κ3) is 1.31. The minimum atomic E-state index is -1.35. The summed E-state index contributed by atoms with van der Waals surface area (Å²) in [5.41, 5.74) is -0.0602. The van der Waals surface area contributed by atoms with Gasteiger partial charge in [0.1, 0.15) is 0 Å². The summed E-state index contributed by atoms with van der Waals surface area (Å²) >= 11 is 0. The zero-order valence-corrected chi connectivity index (χ0v) is 7.07. The van der Waals surface area contributed by atoms with Crippen molar-refractivity contribution in [3.8, 4) is 0 Å². The summed E-state index contributed by atoms with van der Waals surface area (Å²) in [5.74, 6) is -2.16. The van der Waals surface area contributed by atoms with Crippen molar-refractivity contribution in [1.82, 2.24) is 4.98 Å². The molecule has 70 valence electrons. The number of aromatic carboxylic acids is 1. The average Bonchev–Trinajstić information content (AvgIpc) is 2.16. The zero-order valence-electron chi connectivity index (χ0n) is 7.07. The van der Waals surface area contributed by atoms with Crippen LogP contribution in [0.3, 0.4) is 0 Å². The van der Waals surface area contributed by atoms with Crippen molar-refractivity contribution in [2.24, 2.45) is 0 Å². The highest BCUT2D eigenvalue weighted by atomic mass is 19.1. The third-order valence-corrected chi connectivity index (χ3v) is 1.88. The Morgan fingerprint density at radius 1 is 1.36 bits per heavy atom. The maximum atomic E-state index is 13.1. The van der Waals surface area contributed by atoms with E-state index in [4.69, 9.17) is 5.11 Å². The highest BCUT2D eigenvalue weighted by molar-refractivity contribution is 5.90. The Labute approximate surface area is 78.8 Å². The molecule has 0 bridgehead atoms.